The average Bonchev–Trinajstić information content (AvgIpc) is 3.42. The molecule has 1 aromatic heterocycles. The number of carbonyl (C=O) groups excluding carboxylic acids is 4. The van der Waals surface area contributed by atoms with Crippen molar-refractivity contribution in [1.29, 1.82) is 0 Å². The summed E-state index contributed by atoms with van der Waals surface area (Å²) >= 11 is 0. The monoisotopic (exact) mass is 596 g/mol. The zero-order valence-corrected chi connectivity index (χ0v) is 25.6. The highest BCUT2D eigenvalue weighted by Gasteiger charge is 2.26. The van der Waals surface area contributed by atoms with E-state index in [1.54, 1.807) is 50.4 Å². The molecule has 10 nitrogen and oxygen atoms in total. The van der Waals surface area contributed by atoms with E-state index in [1.165, 1.54) is 0 Å². The Morgan fingerprint density at radius 2 is 1.48 bits per heavy atom. The third-order valence-electron chi connectivity index (χ3n) is 7.82. The van der Waals surface area contributed by atoms with Crippen LogP contribution in [0.2, 0.25) is 0 Å². The number of ketones is 1. The normalized spacial score (nSPS) is 12.6. The highest BCUT2D eigenvalue weighted by molar-refractivity contribution is 5.97. The van der Waals surface area contributed by atoms with E-state index in [2.05, 4.69) is 16.0 Å². The molecule has 2 atom stereocenters. The highest BCUT2D eigenvalue weighted by atomic mass is 16.2. The number of likely N-dealkylation sites (N-methyl/N-ethyl adjacent to an activating group) is 1. The maximum Gasteiger partial charge on any atom is 0.251 e. The summed E-state index contributed by atoms with van der Waals surface area (Å²) in [6.45, 7) is 6.46. The number of Topliss-reactive ketones (excluding diaryl/α,β-unsaturated/α-hetero) is 1. The lowest BCUT2D eigenvalue weighted by molar-refractivity contribution is -0.131. The lowest BCUT2D eigenvalue weighted by atomic mass is 9.88. The van der Waals surface area contributed by atoms with E-state index in [0.717, 1.165) is 27.8 Å². The van der Waals surface area contributed by atoms with Gasteiger partial charge in [0.25, 0.3) is 5.91 Å². The fourth-order valence-corrected chi connectivity index (χ4v) is 4.94. The van der Waals surface area contributed by atoms with Crippen LogP contribution in [-0.2, 0) is 9.59 Å². The lowest BCUT2D eigenvalue weighted by Gasteiger charge is -2.21. The van der Waals surface area contributed by atoms with Crippen LogP contribution in [0.3, 0.4) is 0 Å². The first-order valence-electron chi connectivity index (χ1n) is 14.8. The van der Waals surface area contributed by atoms with E-state index in [-0.39, 0.29) is 36.0 Å². The number of amides is 3. The first-order chi connectivity index (χ1) is 21.1. The summed E-state index contributed by atoms with van der Waals surface area (Å²) < 4.78 is 1.82. The number of hydrogen-bond acceptors (Lipinski definition) is 6. The molecule has 0 saturated heterocycles. The van der Waals surface area contributed by atoms with E-state index in [4.69, 9.17) is 10.8 Å². The van der Waals surface area contributed by atoms with Crippen LogP contribution in [0, 0.1) is 11.8 Å². The van der Waals surface area contributed by atoms with Crippen molar-refractivity contribution in [2.24, 2.45) is 17.6 Å². The molecule has 10 heteroatoms. The number of nitrogens with one attached hydrogen (secondary N) is 3. The van der Waals surface area contributed by atoms with Gasteiger partial charge in [-0.2, -0.15) is 5.10 Å². The molecular weight excluding hydrogens is 556 g/mol. The van der Waals surface area contributed by atoms with Crippen LogP contribution in [-0.4, -0.2) is 59.5 Å². The van der Waals surface area contributed by atoms with Crippen LogP contribution >= 0.6 is 0 Å². The van der Waals surface area contributed by atoms with E-state index in [0.29, 0.717) is 30.6 Å². The zero-order valence-electron chi connectivity index (χ0n) is 25.6. The fraction of sp³-hybridized carbons (Fsp3) is 0.324. The number of carbonyl (C=O) groups is 4. The molecule has 44 heavy (non-hydrogen) atoms. The van der Waals surface area contributed by atoms with Crippen LogP contribution < -0.4 is 21.7 Å². The summed E-state index contributed by atoms with van der Waals surface area (Å²) in [5.74, 6) is -1.18. The predicted molar refractivity (Wildman–Crippen MR) is 171 cm³/mol. The number of nitrogens with zero attached hydrogens (tertiary/aromatic N) is 2. The number of para-hydroxylation sites is 1. The van der Waals surface area contributed by atoms with Crippen molar-refractivity contribution in [3.8, 4) is 16.9 Å². The third kappa shape index (κ3) is 7.57. The molecule has 3 aromatic carbocycles. The smallest absolute Gasteiger partial charge is 0.251 e. The number of fused-ring (bicyclic) bond motifs is 1. The van der Waals surface area contributed by atoms with Gasteiger partial charge in [0.2, 0.25) is 11.8 Å². The Labute approximate surface area is 257 Å². The number of rotatable bonds is 14. The van der Waals surface area contributed by atoms with Gasteiger partial charge in [0.1, 0.15) is 11.5 Å². The average molecular weight is 597 g/mol. The Bertz CT molecular complexity index is 1630. The van der Waals surface area contributed by atoms with Crippen LogP contribution in [0.15, 0.2) is 72.8 Å². The van der Waals surface area contributed by atoms with Gasteiger partial charge in [0, 0.05) is 47.5 Å². The highest BCUT2D eigenvalue weighted by Crippen LogP contribution is 2.30. The summed E-state index contributed by atoms with van der Waals surface area (Å²) in [6, 6.07) is 21.8. The molecular formula is C34H40N6O4. The molecule has 0 aliphatic carbocycles. The molecule has 0 fully saturated rings. The van der Waals surface area contributed by atoms with Gasteiger partial charge in [-0.1, -0.05) is 44.2 Å². The molecule has 0 aliphatic rings. The number of primary amides is 1. The zero-order chi connectivity index (χ0) is 31.8. The molecule has 3 amide bonds. The maximum atomic E-state index is 12.8. The summed E-state index contributed by atoms with van der Waals surface area (Å²) in [4.78, 5) is 49.3. The van der Waals surface area contributed by atoms with Crippen molar-refractivity contribution in [2.45, 2.75) is 39.7 Å². The molecule has 0 aliphatic heterocycles. The van der Waals surface area contributed by atoms with Crippen LogP contribution in [0.4, 0.5) is 0 Å². The van der Waals surface area contributed by atoms with Gasteiger partial charge in [-0.15, -0.1) is 0 Å². The second-order valence-electron chi connectivity index (χ2n) is 11.2. The van der Waals surface area contributed by atoms with Gasteiger partial charge in [-0.3, -0.25) is 19.2 Å². The molecule has 0 bridgehead atoms. The first kappa shape index (κ1) is 32.1. The predicted octanol–water partition coefficient (Wildman–Crippen LogP) is 3.87. The quantitative estimate of drug-likeness (QED) is 0.163. The van der Waals surface area contributed by atoms with Crippen molar-refractivity contribution in [3.05, 3.63) is 83.9 Å². The van der Waals surface area contributed by atoms with E-state index >= 15 is 0 Å². The molecule has 0 saturated carbocycles. The van der Waals surface area contributed by atoms with Crippen LogP contribution in [0.1, 0.15) is 54.3 Å². The van der Waals surface area contributed by atoms with Gasteiger partial charge in [0.05, 0.1) is 17.2 Å². The van der Waals surface area contributed by atoms with Crippen LogP contribution in [0.5, 0.6) is 0 Å². The molecule has 1 heterocycles. The number of hydrogen-bond donors (Lipinski definition) is 4. The third-order valence-corrected chi connectivity index (χ3v) is 7.82. The van der Waals surface area contributed by atoms with Crippen molar-refractivity contribution in [1.82, 2.24) is 25.7 Å². The number of nitrogens with two attached hydrogens (primary N) is 1. The molecule has 2 unspecified atom stereocenters. The van der Waals surface area contributed by atoms with Gasteiger partial charge in [-0.05, 0) is 68.8 Å². The van der Waals surface area contributed by atoms with Crippen molar-refractivity contribution < 1.29 is 19.2 Å². The molecule has 0 spiro atoms. The topological polar surface area (TPSA) is 148 Å². The number of benzene rings is 3. The Kier molecular flexibility index (Phi) is 10.6. The maximum absolute atomic E-state index is 12.8. The summed E-state index contributed by atoms with van der Waals surface area (Å²) in [5, 5.41) is 14.5. The van der Waals surface area contributed by atoms with Gasteiger partial charge >= 0.3 is 0 Å². The molecule has 0 radical (unpaired) electrons. The Hall–Kier alpha value is -4.83. The first-order valence-corrected chi connectivity index (χ1v) is 14.8. The fourth-order valence-electron chi connectivity index (χ4n) is 4.94. The number of aromatic nitrogens is 2. The van der Waals surface area contributed by atoms with E-state index < -0.39 is 11.8 Å². The summed E-state index contributed by atoms with van der Waals surface area (Å²) in [6.07, 6.45) is 0.753. The largest absolute Gasteiger partial charge is 0.366 e. The van der Waals surface area contributed by atoms with Crippen molar-refractivity contribution >= 4 is 34.4 Å². The van der Waals surface area contributed by atoms with Gasteiger partial charge in [0.15, 0.2) is 0 Å². The van der Waals surface area contributed by atoms with Crippen LogP contribution in [0.25, 0.3) is 27.8 Å². The minimum atomic E-state index is -0.488. The Morgan fingerprint density at radius 3 is 2.11 bits per heavy atom. The van der Waals surface area contributed by atoms with E-state index in [9.17, 15) is 19.2 Å². The molecule has 4 aromatic rings. The van der Waals surface area contributed by atoms with Gasteiger partial charge < -0.3 is 21.7 Å². The molecule has 5 N–H and O–H groups in total. The Morgan fingerprint density at radius 1 is 0.841 bits per heavy atom. The summed E-state index contributed by atoms with van der Waals surface area (Å²) in [7, 11) is 1.73. The Balaban J connectivity index is 1.34. The minimum Gasteiger partial charge on any atom is -0.366 e. The second-order valence-corrected chi connectivity index (χ2v) is 11.2. The van der Waals surface area contributed by atoms with E-state index in [1.807, 2.05) is 54.9 Å². The summed E-state index contributed by atoms with van der Waals surface area (Å²) in [5.41, 5.74) is 9.64. The second kappa shape index (κ2) is 14.6. The minimum absolute atomic E-state index is 0.0116. The molecule has 4 rings (SSSR count). The standard InChI is InChI=1S/C34H40N6O4/c1-21(2)28(20-30(41)22(3)36-4)34(44)38-19-7-18-37-33(43)25-12-10-23(11-13-25)31-27-8-5-6-9-29(27)40(39-31)26-16-14-24(15-17-26)32(35)42/h5-6,8-17,21-22,28,36H,7,18-20H2,1-4H3,(H2,35,42)(H,37,43)(H,38,44). The van der Waals surface area contributed by atoms with Crippen molar-refractivity contribution in [3.63, 3.8) is 0 Å². The SMILES string of the molecule is CNC(C)C(=O)CC(C(=O)NCCCNC(=O)c1ccc(-c2nn(-c3ccc(C(N)=O)cc3)c3ccccc23)cc1)C(C)C. The lowest BCUT2D eigenvalue weighted by Crippen LogP contribution is -2.39. The van der Waals surface area contributed by atoms with Crippen molar-refractivity contribution in [2.75, 3.05) is 20.1 Å². The molecule has 230 valence electrons. The van der Waals surface area contributed by atoms with Gasteiger partial charge in [-0.25, -0.2) is 4.68 Å².